The lowest BCUT2D eigenvalue weighted by molar-refractivity contribution is 0.242. The second-order valence-corrected chi connectivity index (χ2v) is 4.15. The largest absolute Gasteiger partial charge is 0.491 e. The van der Waals surface area contributed by atoms with Crippen molar-refractivity contribution in [3.8, 4) is 5.75 Å². The third-order valence-electron chi connectivity index (χ3n) is 2.32. The van der Waals surface area contributed by atoms with E-state index in [9.17, 15) is 0 Å². The summed E-state index contributed by atoms with van der Waals surface area (Å²) in [5.41, 5.74) is 1.26. The topological polar surface area (TPSA) is 21.3 Å². The molecule has 0 aromatic heterocycles. The van der Waals surface area contributed by atoms with Crippen molar-refractivity contribution in [2.75, 3.05) is 6.54 Å². The number of rotatable bonds is 6. The molecule has 0 bridgehead atoms. The molecule has 0 saturated carbocycles. The van der Waals surface area contributed by atoms with Gasteiger partial charge in [0, 0.05) is 12.6 Å². The van der Waals surface area contributed by atoms with Gasteiger partial charge in [0.05, 0.1) is 6.10 Å². The van der Waals surface area contributed by atoms with Gasteiger partial charge in [0.1, 0.15) is 5.75 Å². The molecule has 0 aliphatic heterocycles. The Morgan fingerprint density at radius 1 is 1.25 bits per heavy atom. The van der Waals surface area contributed by atoms with Gasteiger partial charge in [-0.15, -0.1) is 6.58 Å². The summed E-state index contributed by atoms with van der Waals surface area (Å²) in [6.45, 7) is 10.7. The molecule has 0 aliphatic carbocycles. The van der Waals surface area contributed by atoms with Gasteiger partial charge in [-0.1, -0.05) is 18.2 Å². The lowest BCUT2D eigenvalue weighted by Gasteiger charge is -2.14. The number of benzene rings is 1. The molecule has 2 nitrogen and oxygen atoms in total. The highest BCUT2D eigenvalue weighted by atomic mass is 16.5. The van der Waals surface area contributed by atoms with E-state index >= 15 is 0 Å². The van der Waals surface area contributed by atoms with Gasteiger partial charge in [0.2, 0.25) is 0 Å². The van der Waals surface area contributed by atoms with Crippen molar-refractivity contribution in [1.82, 2.24) is 5.32 Å². The van der Waals surface area contributed by atoms with Crippen molar-refractivity contribution in [3.05, 3.63) is 42.5 Å². The van der Waals surface area contributed by atoms with Crippen molar-refractivity contribution >= 4 is 0 Å². The zero-order chi connectivity index (χ0) is 12.0. The second kappa shape index (κ2) is 6.33. The highest BCUT2D eigenvalue weighted by Gasteiger charge is 2.04. The number of ether oxygens (including phenoxy) is 1. The molecule has 1 rings (SSSR count). The fourth-order valence-corrected chi connectivity index (χ4v) is 1.49. The molecule has 1 aromatic carbocycles. The molecule has 2 heteroatoms. The fraction of sp³-hybridized carbons (Fsp3) is 0.429. The smallest absolute Gasteiger partial charge is 0.119 e. The molecule has 0 heterocycles. The van der Waals surface area contributed by atoms with Crippen LogP contribution in [0.4, 0.5) is 0 Å². The Morgan fingerprint density at radius 2 is 1.88 bits per heavy atom. The average molecular weight is 219 g/mol. The summed E-state index contributed by atoms with van der Waals surface area (Å²) < 4.78 is 5.59. The van der Waals surface area contributed by atoms with Crippen molar-refractivity contribution < 1.29 is 4.74 Å². The first kappa shape index (κ1) is 12.8. The molecular weight excluding hydrogens is 198 g/mol. The summed E-state index contributed by atoms with van der Waals surface area (Å²) in [5.74, 6) is 0.926. The maximum atomic E-state index is 5.59. The van der Waals surface area contributed by atoms with E-state index in [4.69, 9.17) is 4.74 Å². The first-order valence-electron chi connectivity index (χ1n) is 5.74. The van der Waals surface area contributed by atoms with Gasteiger partial charge in [-0.2, -0.15) is 0 Å². The van der Waals surface area contributed by atoms with Gasteiger partial charge in [0.15, 0.2) is 0 Å². The monoisotopic (exact) mass is 219 g/mol. The van der Waals surface area contributed by atoms with E-state index in [1.54, 1.807) is 0 Å². The first-order valence-corrected chi connectivity index (χ1v) is 5.74. The molecule has 16 heavy (non-hydrogen) atoms. The molecule has 0 aliphatic rings. The van der Waals surface area contributed by atoms with E-state index in [-0.39, 0.29) is 6.10 Å². The van der Waals surface area contributed by atoms with Crippen LogP contribution in [0, 0.1) is 0 Å². The molecule has 1 atom stereocenters. The summed E-state index contributed by atoms with van der Waals surface area (Å²) in [6, 6.07) is 8.56. The van der Waals surface area contributed by atoms with E-state index in [0.717, 1.165) is 12.3 Å². The predicted molar refractivity (Wildman–Crippen MR) is 68.8 cm³/mol. The summed E-state index contributed by atoms with van der Waals surface area (Å²) in [6.07, 6.45) is 2.09. The lowest BCUT2D eigenvalue weighted by atomic mass is 10.1. The highest BCUT2D eigenvalue weighted by molar-refractivity contribution is 5.29. The van der Waals surface area contributed by atoms with Crippen LogP contribution in [0.2, 0.25) is 0 Å². The van der Waals surface area contributed by atoms with Crippen LogP contribution in [-0.2, 0) is 0 Å². The van der Waals surface area contributed by atoms with Gasteiger partial charge in [0.25, 0.3) is 0 Å². The summed E-state index contributed by atoms with van der Waals surface area (Å²) in [7, 11) is 0. The SMILES string of the molecule is C=CCNC(C)c1ccc(OC(C)C)cc1. The minimum Gasteiger partial charge on any atom is -0.491 e. The Balaban J connectivity index is 2.59. The molecular formula is C14H21NO. The molecule has 0 saturated heterocycles. The molecule has 1 N–H and O–H groups in total. The van der Waals surface area contributed by atoms with Gasteiger partial charge < -0.3 is 10.1 Å². The number of nitrogens with one attached hydrogen (secondary N) is 1. The minimum absolute atomic E-state index is 0.224. The predicted octanol–water partition coefficient (Wildman–Crippen LogP) is 3.31. The highest BCUT2D eigenvalue weighted by Crippen LogP contribution is 2.18. The zero-order valence-electron chi connectivity index (χ0n) is 10.4. The normalized spacial score (nSPS) is 12.5. The van der Waals surface area contributed by atoms with Crippen LogP contribution in [0.15, 0.2) is 36.9 Å². The Morgan fingerprint density at radius 3 is 2.38 bits per heavy atom. The third kappa shape index (κ3) is 4.07. The van der Waals surface area contributed by atoms with Crippen LogP contribution in [0.5, 0.6) is 5.75 Å². The Kier molecular flexibility index (Phi) is 5.06. The van der Waals surface area contributed by atoms with E-state index in [1.807, 2.05) is 32.1 Å². The van der Waals surface area contributed by atoms with Crippen LogP contribution in [-0.4, -0.2) is 12.6 Å². The van der Waals surface area contributed by atoms with Gasteiger partial charge in [-0.25, -0.2) is 0 Å². The van der Waals surface area contributed by atoms with Crippen LogP contribution in [0.25, 0.3) is 0 Å². The minimum atomic E-state index is 0.224. The molecule has 0 spiro atoms. The zero-order valence-corrected chi connectivity index (χ0v) is 10.4. The van der Waals surface area contributed by atoms with Gasteiger partial charge in [-0.3, -0.25) is 0 Å². The van der Waals surface area contributed by atoms with Crippen LogP contribution in [0.1, 0.15) is 32.4 Å². The van der Waals surface area contributed by atoms with Crippen molar-refractivity contribution in [2.24, 2.45) is 0 Å². The first-order chi connectivity index (χ1) is 7.63. The second-order valence-electron chi connectivity index (χ2n) is 4.15. The molecule has 0 radical (unpaired) electrons. The standard InChI is InChI=1S/C14H21NO/c1-5-10-15-12(4)13-6-8-14(9-7-13)16-11(2)3/h5-9,11-12,15H,1,10H2,2-4H3. The molecule has 0 fully saturated rings. The Labute approximate surface area is 98.3 Å². The lowest BCUT2D eigenvalue weighted by Crippen LogP contribution is -2.18. The molecule has 1 aromatic rings. The van der Waals surface area contributed by atoms with Gasteiger partial charge in [-0.05, 0) is 38.5 Å². The number of hydrogen-bond donors (Lipinski definition) is 1. The molecule has 88 valence electrons. The quantitative estimate of drug-likeness (QED) is 0.741. The van der Waals surface area contributed by atoms with E-state index in [1.165, 1.54) is 5.56 Å². The molecule has 0 amide bonds. The van der Waals surface area contributed by atoms with Crippen LogP contribution < -0.4 is 10.1 Å². The maximum absolute atomic E-state index is 5.59. The van der Waals surface area contributed by atoms with Crippen LogP contribution >= 0.6 is 0 Å². The molecule has 1 unspecified atom stereocenters. The Hall–Kier alpha value is -1.28. The van der Waals surface area contributed by atoms with E-state index in [0.29, 0.717) is 6.04 Å². The van der Waals surface area contributed by atoms with E-state index < -0.39 is 0 Å². The summed E-state index contributed by atoms with van der Waals surface area (Å²) >= 11 is 0. The van der Waals surface area contributed by atoms with Crippen molar-refractivity contribution in [2.45, 2.75) is 32.9 Å². The Bertz CT molecular complexity index is 316. The fourth-order valence-electron chi connectivity index (χ4n) is 1.49. The average Bonchev–Trinajstić information content (AvgIpc) is 2.26. The van der Waals surface area contributed by atoms with E-state index in [2.05, 4.69) is 31.0 Å². The maximum Gasteiger partial charge on any atom is 0.119 e. The summed E-state index contributed by atoms with van der Waals surface area (Å²) in [5, 5.41) is 3.35. The van der Waals surface area contributed by atoms with Crippen molar-refractivity contribution in [3.63, 3.8) is 0 Å². The number of hydrogen-bond acceptors (Lipinski definition) is 2. The van der Waals surface area contributed by atoms with Crippen LogP contribution in [0.3, 0.4) is 0 Å². The summed E-state index contributed by atoms with van der Waals surface area (Å²) in [4.78, 5) is 0. The van der Waals surface area contributed by atoms with Crippen molar-refractivity contribution in [1.29, 1.82) is 0 Å². The van der Waals surface area contributed by atoms with Gasteiger partial charge >= 0.3 is 0 Å². The third-order valence-corrected chi connectivity index (χ3v) is 2.32.